The van der Waals surface area contributed by atoms with Gasteiger partial charge in [0, 0.05) is 5.92 Å². The summed E-state index contributed by atoms with van der Waals surface area (Å²) in [5.74, 6) is 1.44. The van der Waals surface area contributed by atoms with E-state index in [1.807, 2.05) is 30.3 Å². The number of furan rings is 1. The summed E-state index contributed by atoms with van der Waals surface area (Å²) in [7, 11) is 0. The fourth-order valence-corrected chi connectivity index (χ4v) is 2.27. The Morgan fingerprint density at radius 2 is 2.06 bits per heavy atom. The highest BCUT2D eigenvalue weighted by Crippen LogP contribution is 2.47. The third-order valence-corrected chi connectivity index (χ3v) is 3.37. The third kappa shape index (κ3) is 2.30. The van der Waals surface area contributed by atoms with Crippen LogP contribution in [-0.4, -0.2) is 5.91 Å². The summed E-state index contributed by atoms with van der Waals surface area (Å²) in [6, 6.07) is 13.9. The zero-order valence-electron chi connectivity index (χ0n) is 10.0. The lowest BCUT2D eigenvalue weighted by Crippen LogP contribution is -2.24. The normalized spacial score (nSPS) is 21.6. The van der Waals surface area contributed by atoms with E-state index >= 15 is 0 Å². The summed E-state index contributed by atoms with van der Waals surface area (Å²) in [5.41, 5.74) is 1.26. The molecule has 92 valence electrons. The van der Waals surface area contributed by atoms with E-state index in [1.54, 1.807) is 6.26 Å². The summed E-state index contributed by atoms with van der Waals surface area (Å²) in [6.45, 7) is 0.476. The number of nitrogens with one attached hydrogen (secondary N) is 1. The van der Waals surface area contributed by atoms with Gasteiger partial charge in [-0.25, -0.2) is 0 Å². The van der Waals surface area contributed by atoms with Gasteiger partial charge in [-0.15, -0.1) is 0 Å². The number of hydrogen-bond donors (Lipinski definition) is 1. The average Bonchev–Trinajstić information content (AvgIpc) is 3.05. The molecule has 0 unspecified atom stereocenters. The zero-order chi connectivity index (χ0) is 12.4. The van der Waals surface area contributed by atoms with E-state index in [-0.39, 0.29) is 11.8 Å². The number of benzene rings is 1. The fourth-order valence-electron chi connectivity index (χ4n) is 2.27. The van der Waals surface area contributed by atoms with Crippen molar-refractivity contribution >= 4 is 5.91 Å². The van der Waals surface area contributed by atoms with Gasteiger partial charge in [0.05, 0.1) is 12.8 Å². The largest absolute Gasteiger partial charge is 0.467 e. The second kappa shape index (κ2) is 4.69. The third-order valence-electron chi connectivity index (χ3n) is 3.37. The van der Waals surface area contributed by atoms with Crippen molar-refractivity contribution < 1.29 is 9.21 Å². The zero-order valence-corrected chi connectivity index (χ0v) is 10.0. The lowest BCUT2D eigenvalue weighted by molar-refractivity contribution is -0.122. The van der Waals surface area contributed by atoms with Gasteiger partial charge in [-0.1, -0.05) is 30.3 Å². The predicted octanol–water partition coefficient (Wildman–Crippen LogP) is 2.70. The van der Waals surface area contributed by atoms with Crippen LogP contribution in [0.3, 0.4) is 0 Å². The van der Waals surface area contributed by atoms with E-state index in [2.05, 4.69) is 17.4 Å². The molecule has 2 aromatic rings. The lowest BCUT2D eigenvalue weighted by Gasteiger charge is -2.03. The van der Waals surface area contributed by atoms with Crippen LogP contribution in [-0.2, 0) is 11.3 Å². The van der Waals surface area contributed by atoms with Crippen LogP contribution in [0.2, 0.25) is 0 Å². The second-order valence-electron chi connectivity index (χ2n) is 4.66. The Balaban J connectivity index is 1.53. The molecule has 1 aliphatic rings. The molecule has 1 saturated carbocycles. The molecule has 3 nitrogen and oxygen atoms in total. The maximum atomic E-state index is 11.9. The van der Waals surface area contributed by atoms with Crippen molar-refractivity contribution in [3.05, 3.63) is 60.1 Å². The van der Waals surface area contributed by atoms with Gasteiger partial charge in [-0.05, 0) is 30.0 Å². The molecule has 2 atom stereocenters. The van der Waals surface area contributed by atoms with Crippen molar-refractivity contribution in [2.45, 2.75) is 18.9 Å². The van der Waals surface area contributed by atoms with Gasteiger partial charge in [0.2, 0.25) is 5.91 Å². The molecule has 1 fully saturated rings. The minimum Gasteiger partial charge on any atom is -0.467 e. The van der Waals surface area contributed by atoms with Gasteiger partial charge in [-0.3, -0.25) is 4.79 Å². The number of rotatable bonds is 4. The van der Waals surface area contributed by atoms with Crippen molar-refractivity contribution in [2.24, 2.45) is 5.92 Å². The van der Waals surface area contributed by atoms with Crippen LogP contribution in [0.1, 0.15) is 23.7 Å². The first-order chi connectivity index (χ1) is 8.84. The Bertz CT molecular complexity index is 519. The summed E-state index contributed by atoms with van der Waals surface area (Å²) >= 11 is 0. The molecule has 1 aromatic heterocycles. The molecule has 1 aromatic carbocycles. The van der Waals surface area contributed by atoms with Crippen molar-refractivity contribution in [3.63, 3.8) is 0 Å². The number of hydrogen-bond acceptors (Lipinski definition) is 2. The molecule has 0 radical (unpaired) electrons. The van der Waals surface area contributed by atoms with E-state index < -0.39 is 0 Å². The van der Waals surface area contributed by atoms with E-state index in [9.17, 15) is 4.79 Å². The van der Waals surface area contributed by atoms with Gasteiger partial charge in [0.1, 0.15) is 5.76 Å². The Morgan fingerprint density at radius 3 is 2.78 bits per heavy atom. The van der Waals surface area contributed by atoms with Gasteiger partial charge in [0.15, 0.2) is 0 Å². The molecule has 3 rings (SSSR count). The highest BCUT2D eigenvalue weighted by molar-refractivity contribution is 5.82. The Morgan fingerprint density at radius 1 is 1.22 bits per heavy atom. The SMILES string of the molecule is O=C(NCc1ccco1)[C@H]1C[C@@H]1c1ccccc1. The predicted molar refractivity (Wildman–Crippen MR) is 67.8 cm³/mol. The van der Waals surface area contributed by atoms with Crippen LogP contribution in [0.15, 0.2) is 53.1 Å². The molecule has 0 spiro atoms. The van der Waals surface area contributed by atoms with Gasteiger partial charge in [-0.2, -0.15) is 0 Å². The van der Waals surface area contributed by atoms with Crippen LogP contribution in [0.25, 0.3) is 0 Å². The maximum absolute atomic E-state index is 11.9. The molecule has 1 N–H and O–H groups in total. The summed E-state index contributed by atoms with van der Waals surface area (Å²) in [6.07, 6.45) is 2.57. The molecule has 0 bridgehead atoms. The number of amides is 1. The number of carbonyl (C=O) groups excluding carboxylic acids is 1. The van der Waals surface area contributed by atoms with Crippen molar-refractivity contribution in [1.29, 1.82) is 0 Å². The fraction of sp³-hybridized carbons (Fsp3) is 0.267. The molecular weight excluding hydrogens is 226 g/mol. The first kappa shape index (κ1) is 11.1. The van der Waals surface area contributed by atoms with Crippen LogP contribution in [0.5, 0.6) is 0 Å². The molecular formula is C15H15NO2. The van der Waals surface area contributed by atoms with Crippen LogP contribution in [0.4, 0.5) is 0 Å². The first-order valence-corrected chi connectivity index (χ1v) is 6.19. The topological polar surface area (TPSA) is 42.2 Å². The second-order valence-corrected chi connectivity index (χ2v) is 4.66. The summed E-state index contributed by atoms with van der Waals surface area (Å²) in [5, 5.41) is 2.91. The first-order valence-electron chi connectivity index (χ1n) is 6.19. The maximum Gasteiger partial charge on any atom is 0.224 e. The summed E-state index contributed by atoms with van der Waals surface area (Å²) in [4.78, 5) is 11.9. The molecule has 0 saturated heterocycles. The minimum atomic E-state index is 0.125. The monoisotopic (exact) mass is 241 g/mol. The number of carbonyl (C=O) groups is 1. The smallest absolute Gasteiger partial charge is 0.224 e. The highest BCUT2D eigenvalue weighted by Gasteiger charge is 2.43. The van der Waals surface area contributed by atoms with Crippen molar-refractivity contribution in [3.8, 4) is 0 Å². The van der Waals surface area contributed by atoms with E-state index in [0.29, 0.717) is 12.5 Å². The van der Waals surface area contributed by atoms with E-state index in [0.717, 1.165) is 12.2 Å². The highest BCUT2D eigenvalue weighted by atomic mass is 16.3. The lowest BCUT2D eigenvalue weighted by atomic mass is 10.1. The van der Waals surface area contributed by atoms with Gasteiger partial charge < -0.3 is 9.73 Å². The van der Waals surface area contributed by atoms with Crippen molar-refractivity contribution in [2.75, 3.05) is 0 Å². The van der Waals surface area contributed by atoms with Crippen molar-refractivity contribution in [1.82, 2.24) is 5.32 Å². The molecule has 1 amide bonds. The Kier molecular flexibility index (Phi) is 2.89. The van der Waals surface area contributed by atoms with Gasteiger partial charge >= 0.3 is 0 Å². The van der Waals surface area contributed by atoms with Crippen LogP contribution < -0.4 is 5.32 Å². The average molecular weight is 241 g/mol. The molecule has 1 aliphatic carbocycles. The Hall–Kier alpha value is -2.03. The van der Waals surface area contributed by atoms with Crippen LogP contribution >= 0.6 is 0 Å². The molecule has 0 aliphatic heterocycles. The standard InChI is InChI=1S/C15H15NO2/c17-15(16-10-12-7-4-8-18-12)14-9-13(14)11-5-2-1-3-6-11/h1-8,13-14H,9-10H2,(H,16,17)/t13-,14+/m1/s1. The molecule has 3 heteroatoms. The quantitative estimate of drug-likeness (QED) is 0.894. The van der Waals surface area contributed by atoms with Crippen LogP contribution in [0, 0.1) is 5.92 Å². The molecule has 18 heavy (non-hydrogen) atoms. The van der Waals surface area contributed by atoms with Gasteiger partial charge in [0.25, 0.3) is 0 Å². The minimum absolute atomic E-state index is 0.125. The van der Waals surface area contributed by atoms with E-state index in [1.165, 1.54) is 5.56 Å². The van der Waals surface area contributed by atoms with E-state index in [4.69, 9.17) is 4.42 Å². The summed E-state index contributed by atoms with van der Waals surface area (Å²) < 4.78 is 5.18. The molecule has 1 heterocycles. The Labute approximate surface area is 106 Å².